The van der Waals surface area contributed by atoms with Gasteiger partial charge in [-0.25, -0.2) is 0 Å². The van der Waals surface area contributed by atoms with Crippen molar-refractivity contribution in [1.29, 1.82) is 0 Å². The molecule has 5 heteroatoms. The number of rotatable bonds is 2. The molecule has 2 aromatic rings. The van der Waals surface area contributed by atoms with E-state index in [2.05, 4.69) is 11.9 Å². The summed E-state index contributed by atoms with van der Waals surface area (Å²) in [5.74, 6) is 2.81. The Morgan fingerprint density at radius 3 is 2.23 bits per heavy atom. The smallest absolute Gasteiger partial charge is 0.177 e. The van der Waals surface area contributed by atoms with Gasteiger partial charge in [0.05, 0.1) is 25.2 Å². The number of fused-ring (bicyclic) bond motifs is 3. The number of carbonyl (C=O) groups is 1. The van der Waals surface area contributed by atoms with Gasteiger partial charge in [0.2, 0.25) is 0 Å². The normalized spacial score (nSPS) is 18.5. The third kappa shape index (κ3) is 2.54. The molecule has 5 nitrogen and oxygen atoms in total. The molecule has 0 atom stereocenters. The number of hydrogen-bond acceptors (Lipinski definition) is 5. The maximum atomic E-state index is 13.8. The molecule has 1 saturated heterocycles. The number of benzene rings is 2. The van der Waals surface area contributed by atoms with E-state index in [4.69, 9.17) is 14.2 Å². The Morgan fingerprint density at radius 1 is 0.962 bits per heavy atom. The lowest BCUT2D eigenvalue weighted by Gasteiger charge is -2.39. The van der Waals surface area contributed by atoms with Crippen molar-refractivity contribution in [3.8, 4) is 23.0 Å². The zero-order valence-corrected chi connectivity index (χ0v) is 15.4. The second-order valence-corrected chi connectivity index (χ2v) is 7.04. The second kappa shape index (κ2) is 6.32. The molecule has 2 aromatic carbocycles. The van der Waals surface area contributed by atoms with Crippen molar-refractivity contribution in [2.45, 2.75) is 18.3 Å². The van der Waals surface area contributed by atoms with Gasteiger partial charge in [-0.05, 0) is 69.4 Å². The van der Waals surface area contributed by atoms with Crippen LogP contribution >= 0.6 is 0 Å². The molecule has 2 aliphatic rings. The van der Waals surface area contributed by atoms with Gasteiger partial charge in [0.1, 0.15) is 23.0 Å². The molecule has 0 aromatic heterocycles. The van der Waals surface area contributed by atoms with Crippen LogP contribution in [-0.2, 0) is 5.41 Å². The molecule has 1 spiro atoms. The first-order chi connectivity index (χ1) is 12.6. The van der Waals surface area contributed by atoms with Crippen molar-refractivity contribution in [2.75, 3.05) is 34.4 Å². The van der Waals surface area contributed by atoms with Crippen LogP contribution in [0.3, 0.4) is 0 Å². The van der Waals surface area contributed by atoms with Crippen LogP contribution in [0, 0.1) is 0 Å². The summed E-state index contributed by atoms with van der Waals surface area (Å²) in [6, 6.07) is 11.2. The summed E-state index contributed by atoms with van der Waals surface area (Å²) < 4.78 is 16.9. The monoisotopic (exact) mass is 353 g/mol. The third-order valence-electron chi connectivity index (χ3n) is 5.63. The van der Waals surface area contributed by atoms with Gasteiger partial charge in [-0.1, -0.05) is 0 Å². The van der Waals surface area contributed by atoms with Gasteiger partial charge < -0.3 is 19.1 Å². The van der Waals surface area contributed by atoms with Crippen LogP contribution in [0.1, 0.15) is 28.8 Å². The van der Waals surface area contributed by atoms with Crippen LogP contribution in [0.5, 0.6) is 23.0 Å². The van der Waals surface area contributed by atoms with E-state index in [9.17, 15) is 4.79 Å². The van der Waals surface area contributed by atoms with E-state index in [0.717, 1.165) is 43.0 Å². The van der Waals surface area contributed by atoms with E-state index in [1.165, 1.54) is 0 Å². The number of likely N-dealkylation sites (tertiary alicyclic amines) is 1. The quantitative estimate of drug-likeness (QED) is 0.825. The number of hydrogen-bond donors (Lipinski definition) is 0. The van der Waals surface area contributed by atoms with Gasteiger partial charge in [-0.15, -0.1) is 0 Å². The SMILES string of the molecule is COc1ccc2c(c1)C(=O)C1(CCN(C)CC1)c1cc(OC)ccc1O2. The molecule has 0 N–H and O–H groups in total. The van der Waals surface area contributed by atoms with Gasteiger partial charge in [-0.3, -0.25) is 4.79 Å². The lowest BCUT2D eigenvalue weighted by molar-refractivity contribution is 0.0795. The fourth-order valence-corrected chi connectivity index (χ4v) is 4.00. The largest absolute Gasteiger partial charge is 0.497 e. The Labute approximate surface area is 153 Å². The van der Waals surface area contributed by atoms with Gasteiger partial charge in [0.25, 0.3) is 0 Å². The Hall–Kier alpha value is -2.53. The Bertz CT molecular complexity index is 853. The van der Waals surface area contributed by atoms with Crippen molar-refractivity contribution in [3.63, 3.8) is 0 Å². The minimum Gasteiger partial charge on any atom is -0.497 e. The number of carbonyl (C=O) groups excluding carboxylic acids is 1. The molecule has 0 amide bonds. The maximum absolute atomic E-state index is 13.8. The van der Waals surface area contributed by atoms with Crippen molar-refractivity contribution in [1.82, 2.24) is 4.90 Å². The van der Waals surface area contributed by atoms with Gasteiger partial charge in [0, 0.05) is 5.56 Å². The zero-order valence-electron chi connectivity index (χ0n) is 15.4. The maximum Gasteiger partial charge on any atom is 0.177 e. The first kappa shape index (κ1) is 16.9. The zero-order chi connectivity index (χ0) is 18.3. The van der Waals surface area contributed by atoms with Gasteiger partial charge in [0.15, 0.2) is 5.78 Å². The topological polar surface area (TPSA) is 48.0 Å². The van der Waals surface area contributed by atoms with Crippen molar-refractivity contribution >= 4 is 5.78 Å². The molecular weight excluding hydrogens is 330 g/mol. The van der Waals surface area contributed by atoms with E-state index in [-0.39, 0.29) is 5.78 Å². The average Bonchev–Trinajstić information content (AvgIpc) is 2.77. The van der Waals surface area contributed by atoms with Gasteiger partial charge in [-0.2, -0.15) is 0 Å². The van der Waals surface area contributed by atoms with Crippen LogP contribution in [0.15, 0.2) is 36.4 Å². The lowest BCUT2D eigenvalue weighted by atomic mass is 9.68. The van der Waals surface area contributed by atoms with Crippen LogP contribution in [0.4, 0.5) is 0 Å². The summed E-state index contributed by atoms with van der Waals surface area (Å²) in [6.07, 6.45) is 1.50. The molecule has 0 unspecified atom stereocenters. The van der Waals surface area contributed by atoms with E-state index in [0.29, 0.717) is 17.1 Å². The number of nitrogens with zero attached hydrogens (tertiary/aromatic N) is 1. The molecule has 0 saturated carbocycles. The number of ketones is 1. The summed E-state index contributed by atoms with van der Waals surface area (Å²) in [6.45, 7) is 1.73. The molecule has 2 heterocycles. The molecular formula is C21H23NO4. The molecule has 0 aliphatic carbocycles. The van der Waals surface area contributed by atoms with Crippen LogP contribution in [0.2, 0.25) is 0 Å². The summed E-state index contributed by atoms with van der Waals surface area (Å²) in [7, 11) is 5.34. The summed E-state index contributed by atoms with van der Waals surface area (Å²) >= 11 is 0. The fraction of sp³-hybridized carbons (Fsp3) is 0.381. The number of methoxy groups -OCH3 is 2. The van der Waals surface area contributed by atoms with E-state index in [1.54, 1.807) is 20.3 Å². The Kier molecular flexibility index (Phi) is 4.11. The minimum atomic E-state index is -0.603. The number of piperidine rings is 1. The predicted octanol–water partition coefficient (Wildman–Crippen LogP) is 3.66. The highest BCUT2D eigenvalue weighted by Crippen LogP contribution is 2.49. The lowest BCUT2D eigenvalue weighted by Crippen LogP contribution is -2.45. The van der Waals surface area contributed by atoms with E-state index >= 15 is 0 Å². The highest BCUT2D eigenvalue weighted by atomic mass is 16.5. The molecule has 2 aliphatic heterocycles. The molecule has 136 valence electrons. The first-order valence-electron chi connectivity index (χ1n) is 8.85. The predicted molar refractivity (Wildman–Crippen MR) is 98.8 cm³/mol. The standard InChI is InChI=1S/C21H23NO4/c1-22-10-8-21(9-11-22)17-13-15(25-3)5-7-19(17)26-18-6-4-14(24-2)12-16(18)20(21)23/h4-7,12-13H,8-11H2,1-3H3. The fourth-order valence-electron chi connectivity index (χ4n) is 4.00. The highest BCUT2D eigenvalue weighted by Gasteiger charge is 2.47. The molecule has 4 rings (SSSR count). The van der Waals surface area contributed by atoms with Crippen LogP contribution < -0.4 is 14.2 Å². The first-order valence-corrected chi connectivity index (χ1v) is 8.85. The third-order valence-corrected chi connectivity index (χ3v) is 5.63. The average molecular weight is 353 g/mol. The number of Topliss-reactive ketones (excluding diaryl/α,β-unsaturated/α-hetero) is 1. The minimum absolute atomic E-state index is 0.103. The second-order valence-electron chi connectivity index (χ2n) is 7.04. The molecule has 0 radical (unpaired) electrons. The van der Waals surface area contributed by atoms with Crippen molar-refractivity contribution < 1.29 is 19.0 Å². The summed E-state index contributed by atoms with van der Waals surface area (Å²) in [4.78, 5) is 16.0. The molecule has 26 heavy (non-hydrogen) atoms. The molecule has 0 bridgehead atoms. The Balaban J connectivity index is 1.94. The Morgan fingerprint density at radius 2 is 1.58 bits per heavy atom. The van der Waals surface area contributed by atoms with Crippen molar-refractivity contribution in [3.05, 3.63) is 47.5 Å². The van der Waals surface area contributed by atoms with E-state index in [1.807, 2.05) is 30.3 Å². The number of ether oxygens (including phenoxy) is 3. The van der Waals surface area contributed by atoms with Gasteiger partial charge >= 0.3 is 0 Å². The summed E-state index contributed by atoms with van der Waals surface area (Å²) in [5, 5.41) is 0. The van der Waals surface area contributed by atoms with E-state index < -0.39 is 5.41 Å². The van der Waals surface area contributed by atoms with Crippen molar-refractivity contribution in [2.24, 2.45) is 0 Å². The summed E-state index contributed by atoms with van der Waals surface area (Å²) in [5.41, 5.74) is 0.905. The van der Waals surface area contributed by atoms with Crippen LogP contribution in [0.25, 0.3) is 0 Å². The molecule has 1 fully saturated rings. The highest BCUT2D eigenvalue weighted by molar-refractivity contribution is 6.07. The van der Waals surface area contributed by atoms with Crippen LogP contribution in [-0.4, -0.2) is 45.0 Å².